The fourth-order valence-corrected chi connectivity index (χ4v) is 4.17. The topological polar surface area (TPSA) is 71.5 Å². The summed E-state index contributed by atoms with van der Waals surface area (Å²) in [6.07, 6.45) is 3.94. The number of ether oxygens (including phenoxy) is 1. The number of anilines is 1. The van der Waals surface area contributed by atoms with Gasteiger partial charge in [0.2, 0.25) is 11.8 Å². The minimum absolute atomic E-state index is 0.0220. The number of hydrogen-bond donors (Lipinski definition) is 1. The van der Waals surface area contributed by atoms with Gasteiger partial charge in [0.25, 0.3) is 0 Å². The van der Waals surface area contributed by atoms with Gasteiger partial charge in [-0.25, -0.2) is 4.98 Å². The number of carbonyl (C=O) groups excluding carboxylic acids is 2. The van der Waals surface area contributed by atoms with Gasteiger partial charge in [0.1, 0.15) is 17.3 Å². The second kappa shape index (κ2) is 8.22. The first kappa shape index (κ1) is 19.3. The zero-order chi connectivity index (χ0) is 21.2. The van der Waals surface area contributed by atoms with E-state index < -0.39 is 0 Å². The maximum absolute atomic E-state index is 12.8. The predicted molar refractivity (Wildman–Crippen MR) is 117 cm³/mol. The summed E-state index contributed by atoms with van der Waals surface area (Å²) in [5, 5.41) is 2.80. The third-order valence-electron chi connectivity index (χ3n) is 5.84. The van der Waals surface area contributed by atoms with Crippen LogP contribution in [-0.4, -0.2) is 28.2 Å². The molecular formula is C25H23N3O3. The van der Waals surface area contributed by atoms with Crippen molar-refractivity contribution in [1.82, 2.24) is 9.88 Å². The molecule has 0 atom stereocenters. The summed E-state index contributed by atoms with van der Waals surface area (Å²) in [5.41, 5.74) is 4.31. The molecule has 0 bridgehead atoms. The highest BCUT2D eigenvalue weighted by molar-refractivity contribution is 5.93. The molecular weight excluding hydrogens is 390 g/mol. The van der Waals surface area contributed by atoms with Crippen LogP contribution in [0.15, 0.2) is 60.8 Å². The number of amides is 2. The Morgan fingerprint density at radius 1 is 1.03 bits per heavy atom. The fourth-order valence-electron chi connectivity index (χ4n) is 4.17. The Morgan fingerprint density at radius 2 is 1.90 bits per heavy atom. The Hall–Kier alpha value is -3.67. The van der Waals surface area contributed by atoms with Gasteiger partial charge < -0.3 is 15.0 Å². The van der Waals surface area contributed by atoms with Crippen LogP contribution in [0.1, 0.15) is 28.7 Å². The maximum atomic E-state index is 12.8. The molecule has 2 aromatic carbocycles. The van der Waals surface area contributed by atoms with Crippen molar-refractivity contribution in [3.63, 3.8) is 0 Å². The average molecular weight is 413 g/mol. The summed E-state index contributed by atoms with van der Waals surface area (Å²) in [7, 11) is 0. The van der Waals surface area contributed by atoms with Crippen molar-refractivity contribution in [3.8, 4) is 11.5 Å². The first-order chi connectivity index (χ1) is 15.2. The molecule has 5 rings (SSSR count). The number of carbonyl (C=O) groups is 2. The number of benzene rings is 2. The van der Waals surface area contributed by atoms with Gasteiger partial charge in [-0.2, -0.15) is 0 Å². The van der Waals surface area contributed by atoms with E-state index in [1.807, 2.05) is 53.4 Å². The van der Waals surface area contributed by atoms with Gasteiger partial charge in [-0.15, -0.1) is 0 Å². The van der Waals surface area contributed by atoms with Crippen LogP contribution in [-0.2, 0) is 35.4 Å². The molecule has 1 N–H and O–H groups in total. The van der Waals surface area contributed by atoms with Gasteiger partial charge in [0, 0.05) is 31.3 Å². The molecule has 2 amide bonds. The van der Waals surface area contributed by atoms with E-state index in [9.17, 15) is 9.59 Å². The van der Waals surface area contributed by atoms with Gasteiger partial charge in [-0.1, -0.05) is 36.4 Å². The number of rotatable bonds is 4. The van der Waals surface area contributed by atoms with E-state index in [1.54, 1.807) is 6.20 Å². The molecule has 1 aromatic heterocycles. The third kappa shape index (κ3) is 4.14. The van der Waals surface area contributed by atoms with Gasteiger partial charge in [0.15, 0.2) is 0 Å². The van der Waals surface area contributed by atoms with Crippen LogP contribution in [0.4, 0.5) is 5.82 Å². The number of pyridine rings is 1. The van der Waals surface area contributed by atoms with Gasteiger partial charge in [-0.05, 0) is 47.7 Å². The van der Waals surface area contributed by atoms with E-state index >= 15 is 0 Å². The summed E-state index contributed by atoms with van der Waals surface area (Å²) in [6, 6.07) is 17.7. The minimum atomic E-state index is -0.0220. The highest BCUT2D eigenvalue weighted by atomic mass is 16.5. The lowest BCUT2D eigenvalue weighted by Gasteiger charge is -2.29. The number of nitrogens with one attached hydrogen (secondary N) is 1. The highest BCUT2D eigenvalue weighted by Crippen LogP contribution is 2.34. The van der Waals surface area contributed by atoms with Crippen LogP contribution in [0.2, 0.25) is 0 Å². The van der Waals surface area contributed by atoms with Crippen LogP contribution in [0.25, 0.3) is 0 Å². The molecule has 0 saturated heterocycles. The standard InChI is InChI=1S/C25H23N3O3/c29-23-9-8-21-22(10-12-26-25(21)27-23)31-20-7-6-18-11-13-28(16-19(18)15-20)24(30)14-17-4-2-1-3-5-17/h1-7,10,12,15H,8-9,11,13-14,16H2,(H,26,27,29). The van der Waals surface area contributed by atoms with Crippen LogP contribution >= 0.6 is 0 Å². The molecule has 156 valence electrons. The van der Waals surface area contributed by atoms with Crippen molar-refractivity contribution < 1.29 is 14.3 Å². The van der Waals surface area contributed by atoms with Crippen LogP contribution in [0, 0.1) is 0 Å². The molecule has 0 fully saturated rings. The molecule has 3 heterocycles. The molecule has 2 aliphatic rings. The first-order valence-corrected chi connectivity index (χ1v) is 10.5. The molecule has 2 aliphatic heterocycles. The van der Waals surface area contributed by atoms with Crippen LogP contribution in [0.3, 0.4) is 0 Å². The highest BCUT2D eigenvalue weighted by Gasteiger charge is 2.23. The second-order valence-electron chi connectivity index (χ2n) is 7.94. The van der Waals surface area contributed by atoms with Crippen LogP contribution < -0.4 is 10.1 Å². The van der Waals surface area contributed by atoms with E-state index in [2.05, 4.69) is 16.4 Å². The summed E-state index contributed by atoms with van der Waals surface area (Å²) >= 11 is 0. The number of hydrogen-bond acceptors (Lipinski definition) is 4. The summed E-state index contributed by atoms with van der Waals surface area (Å²) < 4.78 is 6.17. The zero-order valence-electron chi connectivity index (χ0n) is 17.1. The Bertz CT molecular complexity index is 1140. The fraction of sp³-hybridized carbons (Fsp3) is 0.240. The number of aromatic nitrogens is 1. The SMILES string of the molecule is O=C1CCc2c(Oc3ccc4c(c3)CN(C(=O)Cc3ccccc3)CC4)ccnc2N1. The first-order valence-electron chi connectivity index (χ1n) is 10.5. The van der Waals surface area contributed by atoms with Crippen molar-refractivity contribution in [3.05, 3.63) is 83.0 Å². The summed E-state index contributed by atoms with van der Waals surface area (Å²) in [5.74, 6) is 2.12. The van der Waals surface area contributed by atoms with Crippen molar-refractivity contribution in [2.75, 3.05) is 11.9 Å². The molecule has 0 radical (unpaired) electrons. The van der Waals surface area contributed by atoms with Crippen molar-refractivity contribution in [2.24, 2.45) is 0 Å². The van der Waals surface area contributed by atoms with Gasteiger partial charge in [0.05, 0.1) is 6.42 Å². The maximum Gasteiger partial charge on any atom is 0.227 e. The lowest BCUT2D eigenvalue weighted by molar-refractivity contribution is -0.131. The molecule has 6 heteroatoms. The van der Waals surface area contributed by atoms with Crippen molar-refractivity contribution in [2.45, 2.75) is 32.2 Å². The monoisotopic (exact) mass is 413 g/mol. The Labute approximate surface area is 180 Å². The lowest BCUT2D eigenvalue weighted by atomic mass is 9.98. The number of fused-ring (bicyclic) bond motifs is 2. The molecule has 0 aliphatic carbocycles. The Kier molecular flexibility index (Phi) is 5.12. The van der Waals surface area contributed by atoms with Crippen molar-refractivity contribution >= 4 is 17.6 Å². The summed E-state index contributed by atoms with van der Waals surface area (Å²) in [4.78, 5) is 30.6. The Balaban J connectivity index is 1.32. The van der Waals surface area contributed by atoms with Crippen LogP contribution in [0.5, 0.6) is 11.5 Å². The van der Waals surface area contributed by atoms with E-state index in [-0.39, 0.29) is 11.8 Å². The summed E-state index contributed by atoms with van der Waals surface area (Å²) in [6.45, 7) is 1.32. The normalized spacial score (nSPS) is 15.0. The minimum Gasteiger partial charge on any atom is -0.457 e. The molecule has 6 nitrogen and oxygen atoms in total. The Morgan fingerprint density at radius 3 is 2.77 bits per heavy atom. The van der Waals surface area contributed by atoms with E-state index in [0.29, 0.717) is 37.4 Å². The molecule has 31 heavy (non-hydrogen) atoms. The van der Waals surface area contributed by atoms with E-state index in [1.165, 1.54) is 5.56 Å². The van der Waals surface area contributed by atoms with Crippen molar-refractivity contribution in [1.29, 1.82) is 0 Å². The largest absolute Gasteiger partial charge is 0.457 e. The van der Waals surface area contributed by atoms with Gasteiger partial charge >= 0.3 is 0 Å². The van der Waals surface area contributed by atoms with E-state index in [0.717, 1.165) is 35.4 Å². The van der Waals surface area contributed by atoms with E-state index in [4.69, 9.17) is 4.74 Å². The second-order valence-corrected chi connectivity index (χ2v) is 7.94. The molecule has 0 spiro atoms. The quantitative estimate of drug-likeness (QED) is 0.705. The lowest BCUT2D eigenvalue weighted by Crippen LogP contribution is -2.36. The average Bonchev–Trinajstić information content (AvgIpc) is 2.79. The van der Waals surface area contributed by atoms with Gasteiger partial charge in [-0.3, -0.25) is 9.59 Å². The molecule has 0 unspecified atom stereocenters. The predicted octanol–water partition coefficient (Wildman–Crippen LogP) is 3.89. The third-order valence-corrected chi connectivity index (χ3v) is 5.84. The molecule has 0 saturated carbocycles. The smallest absolute Gasteiger partial charge is 0.227 e. The number of nitrogens with zero attached hydrogens (tertiary/aromatic N) is 2. The molecule has 3 aromatic rings. The zero-order valence-corrected chi connectivity index (χ0v) is 17.1.